The number of anilines is 1. The molecule has 1 N–H and O–H groups in total. The third kappa shape index (κ3) is 4.39. The monoisotopic (exact) mass is 389 g/mol. The maximum atomic E-state index is 13.1. The number of nitro groups is 1. The van der Waals surface area contributed by atoms with Gasteiger partial charge in [0, 0.05) is 12.1 Å². The van der Waals surface area contributed by atoms with Crippen LogP contribution < -0.4 is 4.31 Å². The molecule has 0 saturated heterocycles. The van der Waals surface area contributed by atoms with E-state index in [2.05, 4.69) is 0 Å². The highest BCUT2D eigenvalue weighted by Gasteiger charge is 2.30. The van der Waals surface area contributed by atoms with E-state index in [0.29, 0.717) is 9.87 Å². The molecule has 0 heterocycles. The second-order valence-electron chi connectivity index (χ2n) is 5.61. The largest absolute Gasteiger partial charge is 0.480 e. The van der Waals surface area contributed by atoms with Gasteiger partial charge in [-0.3, -0.25) is 19.2 Å². The lowest BCUT2D eigenvalue weighted by Crippen LogP contribution is -2.36. The Labute approximate surface area is 155 Å². The fourth-order valence-corrected chi connectivity index (χ4v) is 4.07. The third-order valence-corrected chi connectivity index (χ3v) is 5.65. The molecule has 140 valence electrons. The minimum Gasteiger partial charge on any atom is -0.480 e. The standard InChI is InChI=1S/C17H15N3O6S/c1-12-2-5-15(20(23)24)10-16(12)27(25,26)19(11-17(21)22)14-6-3-13(4-7-14)8-9-18/h2-7,10H,8,11H2,1H3,(H,21,22). The van der Waals surface area contributed by atoms with Crippen molar-refractivity contribution in [1.29, 1.82) is 5.26 Å². The summed E-state index contributed by atoms with van der Waals surface area (Å²) in [6.45, 7) is 0.605. The van der Waals surface area contributed by atoms with Gasteiger partial charge in [-0.2, -0.15) is 5.26 Å². The zero-order valence-corrected chi connectivity index (χ0v) is 15.0. The first-order valence-electron chi connectivity index (χ1n) is 7.62. The first-order valence-corrected chi connectivity index (χ1v) is 9.06. The number of nitro benzene ring substituents is 1. The van der Waals surface area contributed by atoms with E-state index in [0.717, 1.165) is 6.07 Å². The van der Waals surface area contributed by atoms with Crippen molar-refractivity contribution in [3.05, 3.63) is 63.7 Å². The highest BCUT2D eigenvalue weighted by molar-refractivity contribution is 7.93. The fourth-order valence-electron chi connectivity index (χ4n) is 2.41. The molecule has 0 fully saturated rings. The van der Waals surface area contributed by atoms with Crippen LogP contribution >= 0.6 is 0 Å². The molecule has 27 heavy (non-hydrogen) atoms. The quantitative estimate of drug-likeness (QED) is 0.565. The number of aryl methyl sites for hydroxylation is 1. The number of hydrogen-bond acceptors (Lipinski definition) is 6. The number of sulfonamides is 1. The smallest absolute Gasteiger partial charge is 0.324 e. The van der Waals surface area contributed by atoms with E-state index in [1.165, 1.54) is 43.3 Å². The number of non-ortho nitro benzene ring substituents is 1. The molecule has 0 aliphatic rings. The van der Waals surface area contributed by atoms with Gasteiger partial charge in [0.2, 0.25) is 0 Å². The van der Waals surface area contributed by atoms with E-state index in [-0.39, 0.29) is 22.6 Å². The van der Waals surface area contributed by atoms with Gasteiger partial charge in [0.25, 0.3) is 15.7 Å². The van der Waals surface area contributed by atoms with Crippen LogP contribution in [0.2, 0.25) is 0 Å². The average molecular weight is 389 g/mol. The Balaban J connectivity index is 2.58. The minimum absolute atomic E-state index is 0.0741. The van der Waals surface area contributed by atoms with Crippen molar-refractivity contribution in [2.24, 2.45) is 0 Å². The number of rotatable bonds is 7. The van der Waals surface area contributed by atoms with E-state index in [4.69, 9.17) is 10.4 Å². The molecular weight excluding hydrogens is 374 g/mol. The van der Waals surface area contributed by atoms with Gasteiger partial charge in [-0.05, 0) is 30.2 Å². The van der Waals surface area contributed by atoms with E-state index in [1.54, 1.807) is 0 Å². The number of nitriles is 1. The molecule has 0 aromatic heterocycles. The van der Waals surface area contributed by atoms with Crippen molar-refractivity contribution >= 4 is 27.4 Å². The van der Waals surface area contributed by atoms with Crippen molar-refractivity contribution in [2.75, 3.05) is 10.8 Å². The highest BCUT2D eigenvalue weighted by Crippen LogP contribution is 2.28. The van der Waals surface area contributed by atoms with Crippen molar-refractivity contribution in [1.82, 2.24) is 0 Å². The van der Waals surface area contributed by atoms with Gasteiger partial charge in [-0.15, -0.1) is 0 Å². The molecule has 2 aromatic rings. The second kappa shape index (κ2) is 7.84. The second-order valence-corrected chi connectivity index (χ2v) is 7.44. The molecule has 10 heteroatoms. The Morgan fingerprint density at radius 3 is 2.41 bits per heavy atom. The molecule has 0 atom stereocenters. The van der Waals surface area contributed by atoms with E-state index < -0.39 is 33.1 Å². The van der Waals surface area contributed by atoms with Crippen LogP contribution in [-0.4, -0.2) is 31.0 Å². The van der Waals surface area contributed by atoms with E-state index in [9.17, 15) is 23.3 Å². The lowest BCUT2D eigenvalue weighted by atomic mass is 10.1. The van der Waals surface area contributed by atoms with Crippen LogP contribution in [0.25, 0.3) is 0 Å². The van der Waals surface area contributed by atoms with Gasteiger partial charge < -0.3 is 5.11 Å². The lowest BCUT2D eigenvalue weighted by molar-refractivity contribution is -0.385. The number of aliphatic carboxylic acids is 1. The zero-order valence-electron chi connectivity index (χ0n) is 14.2. The van der Waals surface area contributed by atoms with Crippen LogP contribution in [0.1, 0.15) is 11.1 Å². The van der Waals surface area contributed by atoms with Gasteiger partial charge in [-0.25, -0.2) is 8.42 Å². The fraction of sp³-hybridized carbons (Fsp3) is 0.176. The molecule has 0 aliphatic heterocycles. The van der Waals surface area contributed by atoms with Gasteiger partial charge in [0.05, 0.1) is 28.0 Å². The van der Waals surface area contributed by atoms with Crippen molar-refractivity contribution in [3.8, 4) is 6.07 Å². The molecule has 0 radical (unpaired) electrons. The molecule has 0 bridgehead atoms. The summed E-state index contributed by atoms with van der Waals surface area (Å²) in [5, 5.41) is 28.8. The average Bonchev–Trinajstić information content (AvgIpc) is 2.60. The van der Waals surface area contributed by atoms with Crippen LogP contribution in [0.3, 0.4) is 0 Å². The molecule has 9 nitrogen and oxygen atoms in total. The third-order valence-electron chi connectivity index (χ3n) is 3.74. The van der Waals surface area contributed by atoms with Crippen LogP contribution in [-0.2, 0) is 21.2 Å². The van der Waals surface area contributed by atoms with Gasteiger partial charge in [-0.1, -0.05) is 18.2 Å². The number of carboxylic acid groups (broad SMARTS) is 1. The highest BCUT2D eigenvalue weighted by atomic mass is 32.2. The van der Waals surface area contributed by atoms with Gasteiger partial charge >= 0.3 is 5.97 Å². The Kier molecular flexibility index (Phi) is 5.77. The molecule has 0 spiro atoms. The lowest BCUT2D eigenvalue weighted by Gasteiger charge is -2.23. The summed E-state index contributed by atoms with van der Waals surface area (Å²) >= 11 is 0. The predicted molar refractivity (Wildman–Crippen MR) is 95.8 cm³/mol. The molecular formula is C17H15N3O6S. The maximum Gasteiger partial charge on any atom is 0.324 e. The summed E-state index contributed by atoms with van der Waals surface area (Å²) in [6, 6.07) is 11.1. The molecule has 0 unspecified atom stereocenters. The van der Waals surface area contributed by atoms with Crippen LogP contribution in [0, 0.1) is 28.4 Å². The van der Waals surface area contributed by atoms with Crippen LogP contribution in [0.5, 0.6) is 0 Å². The van der Waals surface area contributed by atoms with Crippen molar-refractivity contribution in [2.45, 2.75) is 18.2 Å². The SMILES string of the molecule is Cc1ccc([N+](=O)[O-])cc1S(=O)(=O)N(CC(=O)O)c1ccc(CC#N)cc1. The number of hydrogen-bond donors (Lipinski definition) is 1. The number of carboxylic acids is 1. The zero-order chi connectivity index (χ0) is 20.2. The van der Waals surface area contributed by atoms with Gasteiger partial charge in [0.1, 0.15) is 6.54 Å². The molecule has 2 aromatic carbocycles. The van der Waals surface area contributed by atoms with E-state index >= 15 is 0 Å². The van der Waals surface area contributed by atoms with Crippen LogP contribution in [0.15, 0.2) is 47.4 Å². The minimum atomic E-state index is -4.38. The number of benzene rings is 2. The molecule has 0 amide bonds. The Morgan fingerprint density at radius 1 is 1.26 bits per heavy atom. The summed E-state index contributed by atoms with van der Waals surface area (Å²) in [5.41, 5.74) is 0.543. The molecule has 0 saturated carbocycles. The summed E-state index contributed by atoms with van der Waals surface area (Å²) in [6.07, 6.45) is 0.121. The summed E-state index contributed by atoms with van der Waals surface area (Å²) < 4.78 is 26.8. The first kappa shape index (κ1) is 19.9. The maximum absolute atomic E-state index is 13.1. The predicted octanol–water partition coefficient (Wildman–Crippen LogP) is 2.25. The molecule has 0 aliphatic carbocycles. The Hall–Kier alpha value is -3.45. The van der Waals surface area contributed by atoms with Crippen LogP contribution in [0.4, 0.5) is 11.4 Å². The summed E-state index contributed by atoms with van der Waals surface area (Å²) in [4.78, 5) is 21.1. The molecule has 2 rings (SSSR count). The van der Waals surface area contributed by atoms with Gasteiger partial charge in [0.15, 0.2) is 0 Å². The first-order chi connectivity index (χ1) is 12.7. The van der Waals surface area contributed by atoms with Crippen molar-refractivity contribution in [3.63, 3.8) is 0 Å². The van der Waals surface area contributed by atoms with E-state index in [1.807, 2.05) is 6.07 Å². The number of carbonyl (C=O) groups is 1. The normalized spacial score (nSPS) is 10.8. The Morgan fingerprint density at radius 2 is 1.89 bits per heavy atom. The Bertz CT molecular complexity index is 1030. The number of nitrogens with zero attached hydrogens (tertiary/aromatic N) is 3. The topological polar surface area (TPSA) is 142 Å². The van der Waals surface area contributed by atoms with Crippen molar-refractivity contribution < 1.29 is 23.2 Å². The summed E-state index contributed by atoms with van der Waals surface area (Å²) in [5.74, 6) is -1.39. The summed E-state index contributed by atoms with van der Waals surface area (Å²) in [7, 11) is -4.38.